The van der Waals surface area contributed by atoms with Gasteiger partial charge in [-0.25, -0.2) is 4.98 Å². The van der Waals surface area contributed by atoms with Crippen LogP contribution in [-0.2, 0) is 0 Å². The normalized spacial score (nSPS) is 13.1. The second kappa shape index (κ2) is 5.92. The molecule has 0 saturated heterocycles. The molecule has 1 unspecified atom stereocenters. The predicted octanol–water partition coefficient (Wildman–Crippen LogP) is 1.11. The number of hydrogen-bond donors (Lipinski definition) is 2. The van der Waals surface area contributed by atoms with E-state index in [9.17, 15) is 4.79 Å². The van der Waals surface area contributed by atoms with Gasteiger partial charge in [0.1, 0.15) is 0 Å². The Labute approximate surface area is 93.9 Å². The van der Waals surface area contributed by atoms with E-state index in [-0.39, 0.29) is 5.56 Å². The lowest BCUT2D eigenvalue weighted by atomic mass is 10.1. The standard InChI is InChI=1S/C10H17N3OS/c1-7(2)8(11-3)6-15-10-12-5-4-9(14)13-10/h4-5,7-8,11H,6H2,1-3H3,(H,12,13,14). The van der Waals surface area contributed by atoms with Crippen molar-refractivity contribution in [3.63, 3.8) is 0 Å². The number of rotatable bonds is 5. The van der Waals surface area contributed by atoms with Crippen LogP contribution in [0.15, 0.2) is 22.2 Å². The first-order valence-electron chi connectivity index (χ1n) is 4.99. The van der Waals surface area contributed by atoms with Crippen LogP contribution in [-0.4, -0.2) is 28.8 Å². The minimum absolute atomic E-state index is 0.0990. The fourth-order valence-electron chi connectivity index (χ4n) is 1.20. The third kappa shape index (κ3) is 4.05. The quantitative estimate of drug-likeness (QED) is 0.584. The molecule has 0 bridgehead atoms. The average Bonchev–Trinajstić information content (AvgIpc) is 2.18. The summed E-state index contributed by atoms with van der Waals surface area (Å²) in [5.41, 5.74) is -0.0990. The van der Waals surface area contributed by atoms with Crippen molar-refractivity contribution in [1.82, 2.24) is 15.3 Å². The first-order chi connectivity index (χ1) is 7.13. The molecule has 0 fully saturated rings. The molecular weight excluding hydrogens is 210 g/mol. The summed E-state index contributed by atoms with van der Waals surface area (Å²) in [5.74, 6) is 1.47. The molecule has 0 aliphatic carbocycles. The smallest absolute Gasteiger partial charge is 0.251 e. The minimum atomic E-state index is -0.0990. The van der Waals surface area contributed by atoms with E-state index in [4.69, 9.17) is 0 Å². The number of thioether (sulfide) groups is 1. The zero-order valence-electron chi connectivity index (χ0n) is 9.28. The summed E-state index contributed by atoms with van der Waals surface area (Å²) in [7, 11) is 1.95. The summed E-state index contributed by atoms with van der Waals surface area (Å²) in [4.78, 5) is 17.8. The average molecular weight is 227 g/mol. The Bertz CT molecular complexity index is 351. The summed E-state index contributed by atoms with van der Waals surface area (Å²) in [5, 5.41) is 3.93. The van der Waals surface area contributed by atoms with Gasteiger partial charge in [0.25, 0.3) is 5.56 Å². The van der Waals surface area contributed by atoms with Crippen LogP contribution in [0.25, 0.3) is 0 Å². The van der Waals surface area contributed by atoms with Gasteiger partial charge < -0.3 is 10.3 Å². The highest BCUT2D eigenvalue weighted by Crippen LogP contribution is 2.15. The SMILES string of the molecule is CNC(CSc1nccc(=O)[nH]1)C(C)C. The van der Waals surface area contributed by atoms with Crippen LogP contribution in [0.1, 0.15) is 13.8 Å². The van der Waals surface area contributed by atoms with Crippen molar-refractivity contribution < 1.29 is 0 Å². The van der Waals surface area contributed by atoms with E-state index >= 15 is 0 Å². The van der Waals surface area contributed by atoms with Crippen molar-refractivity contribution in [3.05, 3.63) is 22.6 Å². The van der Waals surface area contributed by atoms with E-state index in [1.165, 1.54) is 12.3 Å². The second-order valence-corrected chi connectivity index (χ2v) is 4.70. The van der Waals surface area contributed by atoms with Crippen LogP contribution in [0.4, 0.5) is 0 Å². The van der Waals surface area contributed by atoms with E-state index in [2.05, 4.69) is 29.1 Å². The van der Waals surface area contributed by atoms with Crippen LogP contribution in [0.3, 0.4) is 0 Å². The van der Waals surface area contributed by atoms with Crippen molar-refractivity contribution in [2.75, 3.05) is 12.8 Å². The van der Waals surface area contributed by atoms with Crippen LogP contribution < -0.4 is 10.9 Å². The van der Waals surface area contributed by atoms with Gasteiger partial charge in [0.15, 0.2) is 5.16 Å². The molecule has 0 amide bonds. The molecule has 0 aliphatic rings. The third-order valence-electron chi connectivity index (χ3n) is 2.22. The molecule has 15 heavy (non-hydrogen) atoms. The monoisotopic (exact) mass is 227 g/mol. The first kappa shape index (κ1) is 12.3. The molecule has 4 nitrogen and oxygen atoms in total. The van der Waals surface area contributed by atoms with Gasteiger partial charge in [0.05, 0.1) is 0 Å². The van der Waals surface area contributed by atoms with Gasteiger partial charge in [-0.2, -0.15) is 0 Å². The Morgan fingerprint density at radius 1 is 1.60 bits per heavy atom. The topological polar surface area (TPSA) is 57.8 Å². The van der Waals surface area contributed by atoms with Crippen LogP contribution >= 0.6 is 11.8 Å². The molecule has 84 valence electrons. The first-order valence-corrected chi connectivity index (χ1v) is 5.97. The number of aromatic nitrogens is 2. The highest BCUT2D eigenvalue weighted by atomic mass is 32.2. The molecule has 0 saturated carbocycles. The molecule has 1 aromatic rings. The third-order valence-corrected chi connectivity index (χ3v) is 3.23. The highest BCUT2D eigenvalue weighted by Gasteiger charge is 2.11. The Balaban J connectivity index is 2.52. The Kier molecular flexibility index (Phi) is 4.84. The number of H-pyrrole nitrogens is 1. The van der Waals surface area contributed by atoms with E-state index < -0.39 is 0 Å². The molecule has 5 heteroatoms. The Morgan fingerprint density at radius 2 is 2.33 bits per heavy atom. The van der Waals surface area contributed by atoms with Crippen molar-refractivity contribution in [3.8, 4) is 0 Å². The Morgan fingerprint density at radius 3 is 2.87 bits per heavy atom. The maximum atomic E-state index is 11.0. The molecule has 1 aromatic heterocycles. The predicted molar refractivity (Wildman–Crippen MR) is 63.3 cm³/mol. The van der Waals surface area contributed by atoms with Crippen LogP contribution in [0, 0.1) is 5.92 Å². The van der Waals surface area contributed by atoms with Crippen molar-refractivity contribution in [2.24, 2.45) is 5.92 Å². The lowest BCUT2D eigenvalue weighted by molar-refractivity contribution is 0.465. The summed E-state index contributed by atoms with van der Waals surface area (Å²) in [6, 6.07) is 1.85. The van der Waals surface area contributed by atoms with E-state index in [0.717, 1.165) is 5.75 Å². The number of nitrogens with zero attached hydrogens (tertiary/aromatic N) is 1. The molecule has 0 aliphatic heterocycles. The van der Waals surface area contributed by atoms with Crippen molar-refractivity contribution in [1.29, 1.82) is 0 Å². The highest BCUT2D eigenvalue weighted by molar-refractivity contribution is 7.99. The molecule has 0 spiro atoms. The molecular formula is C10H17N3OS. The fourth-order valence-corrected chi connectivity index (χ4v) is 2.40. The molecule has 0 radical (unpaired) electrons. The van der Waals surface area contributed by atoms with Gasteiger partial charge in [-0.3, -0.25) is 4.79 Å². The van der Waals surface area contributed by atoms with E-state index in [1.807, 2.05) is 7.05 Å². The Hall–Kier alpha value is -0.810. The fraction of sp³-hybridized carbons (Fsp3) is 0.600. The van der Waals surface area contributed by atoms with Gasteiger partial charge in [-0.05, 0) is 13.0 Å². The molecule has 1 heterocycles. The zero-order chi connectivity index (χ0) is 11.3. The zero-order valence-corrected chi connectivity index (χ0v) is 10.1. The van der Waals surface area contributed by atoms with Gasteiger partial charge in [-0.1, -0.05) is 25.6 Å². The van der Waals surface area contributed by atoms with Gasteiger partial charge in [0, 0.05) is 24.1 Å². The number of hydrogen-bond acceptors (Lipinski definition) is 4. The largest absolute Gasteiger partial charge is 0.316 e. The lowest BCUT2D eigenvalue weighted by Gasteiger charge is -2.18. The maximum Gasteiger partial charge on any atom is 0.251 e. The van der Waals surface area contributed by atoms with Crippen molar-refractivity contribution in [2.45, 2.75) is 25.0 Å². The van der Waals surface area contributed by atoms with E-state index in [1.54, 1.807) is 11.8 Å². The second-order valence-electron chi connectivity index (χ2n) is 3.69. The van der Waals surface area contributed by atoms with Crippen LogP contribution in [0.5, 0.6) is 0 Å². The summed E-state index contributed by atoms with van der Waals surface area (Å²) in [6.07, 6.45) is 1.53. The van der Waals surface area contributed by atoms with Gasteiger partial charge in [0.2, 0.25) is 0 Å². The maximum absolute atomic E-state index is 11.0. The summed E-state index contributed by atoms with van der Waals surface area (Å²) < 4.78 is 0. The molecule has 1 rings (SSSR count). The van der Waals surface area contributed by atoms with Crippen molar-refractivity contribution >= 4 is 11.8 Å². The van der Waals surface area contributed by atoms with Gasteiger partial charge in [-0.15, -0.1) is 0 Å². The molecule has 2 N–H and O–H groups in total. The molecule has 0 aromatic carbocycles. The number of aromatic amines is 1. The van der Waals surface area contributed by atoms with Gasteiger partial charge >= 0.3 is 0 Å². The summed E-state index contributed by atoms with van der Waals surface area (Å²) >= 11 is 1.57. The molecule has 1 atom stereocenters. The minimum Gasteiger partial charge on any atom is -0.316 e. The van der Waals surface area contributed by atoms with E-state index in [0.29, 0.717) is 17.1 Å². The van der Waals surface area contributed by atoms with Crippen LogP contribution in [0.2, 0.25) is 0 Å². The number of nitrogens with one attached hydrogen (secondary N) is 2. The lowest BCUT2D eigenvalue weighted by Crippen LogP contribution is -2.33. The summed E-state index contributed by atoms with van der Waals surface area (Å²) in [6.45, 7) is 4.34.